The number of benzene rings is 1. The lowest BCUT2D eigenvalue weighted by Crippen LogP contribution is -2.37. The summed E-state index contributed by atoms with van der Waals surface area (Å²) in [4.78, 5) is 12.1. The van der Waals surface area contributed by atoms with E-state index in [0.717, 1.165) is 12.8 Å². The monoisotopic (exact) mass is 345 g/mol. The second kappa shape index (κ2) is 7.01. The lowest BCUT2D eigenvalue weighted by molar-refractivity contribution is -0.153. The molecule has 2 rings (SSSR count). The van der Waals surface area contributed by atoms with E-state index in [9.17, 15) is 23.1 Å². The highest BCUT2D eigenvalue weighted by molar-refractivity contribution is 5.77. The maximum Gasteiger partial charge on any atom is 0.422 e. The molecule has 1 saturated carbocycles. The molecular formula is C17H22F3NO3. The number of hydrogen-bond donors (Lipinski definition) is 2. The second-order valence-corrected chi connectivity index (χ2v) is 6.57. The van der Waals surface area contributed by atoms with Gasteiger partial charge in [0.25, 0.3) is 0 Å². The number of nitrogens with one attached hydrogen (secondary N) is 1. The van der Waals surface area contributed by atoms with Crippen LogP contribution >= 0.6 is 0 Å². The van der Waals surface area contributed by atoms with Gasteiger partial charge in [0.1, 0.15) is 5.75 Å². The van der Waals surface area contributed by atoms with Gasteiger partial charge >= 0.3 is 6.18 Å². The van der Waals surface area contributed by atoms with Crippen molar-refractivity contribution in [1.82, 2.24) is 5.32 Å². The number of amides is 1. The Morgan fingerprint density at radius 1 is 1.42 bits per heavy atom. The first-order chi connectivity index (χ1) is 11.1. The largest absolute Gasteiger partial charge is 0.484 e. The van der Waals surface area contributed by atoms with Crippen LogP contribution in [0.4, 0.5) is 13.2 Å². The highest BCUT2D eigenvalue weighted by Crippen LogP contribution is 2.41. The van der Waals surface area contributed by atoms with Crippen molar-refractivity contribution < 1.29 is 27.8 Å². The molecule has 2 atom stereocenters. The number of halogens is 3. The minimum atomic E-state index is -4.40. The Morgan fingerprint density at radius 2 is 2.08 bits per heavy atom. The predicted molar refractivity (Wildman–Crippen MR) is 82.5 cm³/mol. The van der Waals surface area contributed by atoms with Crippen molar-refractivity contribution in [1.29, 1.82) is 0 Å². The van der Waals surface area contributed by atoms with E-state index in [0.29, 0.717) is 5.56 Å². The predicted octanol–water partition coefficient (Wildman–Crippen LogP) is 3.36. The number of ether oxygens (including phenoxy) is 1. The zero-order valence-electron chi connectivity index (χ0n) is 13.7. The van der Waals surface area contributed by atoms with E-state index in [2.05, 4.69) is 5.32 Å². The van der Waals surface area contributed by atoms with Crippen LogP contribution in [0, 0.1) is 5.92 Å². The normalized spacial score (nSPS) is 18.6. The summed E-state index contributed by atoms with van der Waals surface area (Å²) in [5.74, 6) is -0.0328. The van der Waals surface area contributed by atoms with E-state index < -0.39 is 24.4 Å². The fourth-order valence-corrected chi connectivity index (χ4v) is 2.59. The van der Waals surface area contributed by atoms with Crippen LogP contribution in [0.2, 0.25) is 0 Å². The Labute approximate surface area is 139 Å². The van der Waals surface area contributed by atoms with Crippen LogP contribution in [0.5, 0.6) is 5.75 Å². The van der Waals surface area contributed by atoms with Crippen LogP contribution in [0.1, 0.15) is 44.7 Å². The fourth-order valence-electron chi connectivity index (χ4n) is 2.59. The van der Waals surface area contributed by atoms with Crippen molar-refractivity contribution in [3.8, 4) is 5.75 Å². The first-order valence-corrected chi connectivity index (χ1v) is 7.88. The molecule has 1 fully saturated rings. The van der Waals surface area contributed by atoms with E-state index in [1.54, 1.807) is 26.0 Å². The average Bonchev–Trinajstić information content (AvgIpc) is 3.29. The molecule has 0 bridgehead atoms. The summed E-state index contributed by atoms with van der Waals surface area (Å²) in [5.41, 5.74) is -0.379. The average molecular weight is 345 g/mol. The van der Waals surface area contributed by atoms with Gasteiger partial charge in [-0.15, -0.1) is 0 Å². The summed E-state index contributed by atoms with van der Waals surface area (Å²) in [6, 6.07) is 5.77. The van der Waals surface area contributed by atoms with Gasteiger partial charge in [0, 0.05) is 0 Å². The highest BCUT2D eigenvalue weighted by atomic mass is 19.4. The minimum absolute atomic E-state index is 0.00622. The highest BCUT2D eigenvalue weighted by Gasteiger charge is 2.41. The molecule has 4 nitrogen and oxygen atoms in total. The van der Waals surface area contributed by atoms with Crippen LogP contribution < -0.4 is 10.1 Å². The Bertz CT molecular complexity index is 583. The molecule has 0 saturated heterocycles. The van der Waals surface area contributed by atoms with E-state index in [1.165, 1.54) is 12.1 Å². The van der Waals surface area contributed by atoms with Crippen LogP contribution in [-0.4, -0.2) is 29.4 Å². The maximum absolute atomic E-state index is 12.2. The number of hydrogen-bond acceptors (Lipinski definition) is 3. The molecule has 0 unspecified atom stereocenters. The van der Waals surface area contributed by atoms with Gasteiger partial charge in [0.05, 0.1) is 18.1 Å². The lowest BCUT2D eigenvalue weighted by atomic mass is 9.95. The van der Waals surface area contributed by atoms with Crippen molar-refractivity contribution >= 4 is 5.91 Å². The number of carbonyl (C=O) groups is 1. The zero-order valence-corrected chi connectivity index (χ0v) is 13.7. The first-order valence-electron chi connectivity index (χ1n) is 7.88. The molecule has 24 heavy (non-hydrogen) atoms. The Morgan fingerprint density at radius 3 is 2.67 bits per heavy atom. The molecule has 1 aromatic rings. The van der Waals surface area contributed by atoms with Crippen molar-refractivity contribution in [3.63, 3.8) is 0 Å². The van der Waals surface area contributed by atoms with Crippen molar-refractivity contribution in [2.24, 2.45) is 5.92 Å². The fraction of sp³-hybridized carbons (Fsp3) is 0.588. The molecule has 0 heterocycles. The number of alkyl halides is 3. The summed E-state index contributed by atoms with van der Waals surface area (Å²) in [6.45, 7) is 2.02. The molecule has 0 aliphatic heterocycles. The van der Waals surface area contributed by atoms with E-state index >= 15 is 0 Å². The maximum atomic E-state index is 12.2. The Kier molecular flexibility index (Phi) is 5.42. The van der Waals surface area contributed by atoms with Gasteiger partial charge in [0.15, 0.2) is 6.61 Å². The van der Waals surface area contributed by atoms with Crippen molar-refractivity contribution in [2.45, 2.75) is 50.9 Å². The smallest absolute Gasteiger partial charge is 0.422 e. The third kappa shape index (κ3) is 5.70. The van der Waals surface area contributed by atoms with Gasteiger partial charge < -0.3 is 15.2 Å². The lowest BCUT2D eigenvalue weighted by Gasteiger charge is -2.23. The van der Waals surface area contributed by atoms with Crippen LogP contribution in [-0.2, 0) is 4.79 Å². The van der Waals surface area contributed by atoms with Gasteiger partial charge in [-0.2, -0.15) is 13.2 Å². The molecule has 0 spiro atoms. The Hall–Kier alpha value is -1.76. The van der Waals surface area contributed by atoms with E-state index in [1.807, 2.05) is 0 Å². The molecule has 0 aromatic heterocycles. The van der Waals surface area contributed by atoms with Crippen molar-refractivity contribution in [3.05, 3.63) is 29.8 Å². The van der Waals surface area contributed by atoms with Gasteiger partial charge in [-0.3, -0.25) is 4.79 Å². The van der Waals surface area contributed by atoms with Crippen LogP contribution in [0.25, 0.3) is 0 Å². The summed E-state index contributed by atoms with van der Waals surface area (Å²) < 4.78 is 41.3. The van der Waals surface area contributed by atoms with E-state index in [-0.39, 0.29) is 24.0 Å². The quantitative estimate of drug-likeness (QED) is 0.797. The summed E-state index contributed by atoms with van der Waals surface area (Å²) >= 11 is 0. The zero-order chi connectivity index (χ0) is 18.0. The van der Waals surface area contributed by atoms with Gasteiger partial charge in [-0.25, -0.2) is 0 Å². The molecule has 134 valence electrons. The molecule has 1 aliphatic carbocycles. The second-order valence-electron chi connectivity index (χ2n) is 6.57. The van der Waals surface area contributed by atoms with E-state index in [4.69, 9.17) is 4.74 Å². The number of aliphatic hydroxyl groups is 1. The molecule has 1 aromatic carbocycles. The molecule has 1 amide bonds. The summed E-state index contributed by atoms with van der Waals surface area (Å²) in [7, 11) is 0. The standard InChI is InChI=1S/C17H22F3NO3/c1-11(21-15(22)9-16(2,23)13-6-7-13)12-4-3-5-14(8-12)24-10-17(18,19)20/h3-5,8,11,13,23H,6-7,9-10H2,1-2H3,(H,21,22)/t11-,16-/m0/s1. The number of rotatable bonds is 7. The topological polar surface area (TPSA) is 58.6 Å². The van der Waals surface area contributed by atoms with Crippen LogP contribution in [0.15, 0.2) is 24.3 Å². The van der Waals surface area contributed by atoms with Crippen molar-refractivity contribution in [2.75, 3.05) is 6.61 Å². The molecule has 2 N–H and O–H groups in total. The third-order valence-corrected chi connectivity index (χ3v) is 4.11. The number of carbonyl (C=O) groups excluding carboxylic acids is 1. The summed E-state index contributed by atoms with van der Waals surface area (Å²) in [6.07, 6.45) is -2.54. The van der Waals surface area contributed by atoms with Crippen LogP contribution in [0.3, 0.4) is 0 Å². The molecular weight excluding hydrogens is 323 g/mol. The Balaban J connectivity index is 1.91. The van der Waals surface area contributed by atoms with Gasteiger partial charge in [-0.1, -0.05) is 12.1 Å². The SMILES string of the molecule is C[C@H](NC(=O)C[C@](C)(O)C1CC1)c1cccc(OCC(F)(F)F)c1. The van der Waals surface area contributed by atoms with Gasteiger partial charge in [-0.05, 0) is 50.3 Å². The summed E-state index contributed by atoms with van der Waals surface area (Å²) in [5, 5.41) is 13.0. The van der Waals surface area contributed by atoms with Gasteiger partial charge in [0.2, 0.25) is 5.91 Å². The molecule has 0 radical (unpaired) electrons. The third-order valence-electron chi connectivity index (χ3n) is 4.11. The first kappa shape index (κ1) is 18.6. The molecule has 7 heteroatoms. The minimum Gasteiger partial charge on any atom is -0.484 e. The molecule has 1 aliphatic rings.